The van der Waals surface area contributed by atoms with Crippen LogP contribution in [0.4, 0.5) is 4.39 Å². The fourth-order valence-electron chi connectivity index (χ4n) is 1.21. The first-order valence-corrected chi connectivity index (χ1v) is 3.80. The zero-order valence-electron chi connectivity index (χ0n) is 7.00. The Balaban J connectivity index is 2.60. The Morgan fingerprint density at radius 2 is 2.08 bits per heavy atom. The molecular formula is C7H4B3FO2. The van der Waals surface area contributed by atoms with E-state index in [0.29, 0.717) is 5.75 Å². The highest BCUT2D eigenvalue weighted by atomic mass is 19.1. The minimum Gasteiger partial charge on any atom is -0.523 e. The Morgan fingerprint density at radius 1 is 1.38 bits per heavy atom. The van der Waals surface area contributed by atoms with Crippen LogP contribution in [-0.4, -0.2) is 22.8 Å². The second-order valence-electron chi connectivity index (χ2n) is 2.82. The lowest BCUT2D eigenvalue weighted by atomic mass is 9.80. The third kappa shape index (κ3) is 1.21. The van der Waals surface area contributed by atoms with Gasteiger partial charge in [-0.05, 0) is 12.9 Å². The highest BCUT2D eigenvalue weighted by Gasteiger charge is 2.30. The molecule has 0 aliphatic carbocycles. The van der Waals surface area contributed by atoms with Crippen LogP contribution in [-0.2, 0) is 0 Å². The summed E-state index contributed by atoms with van der Waals surface area (Å²) in [7, 11) is 10.3. The van der Waals surface area contributed by atoms with E-state index in [2.05, 4.69) is 0 Å². The summed E-state index contributed by atoms with van der Waals surface area (Å²) in [5.74, 6) is -0.310. The smallest absolute Gasteiger partial charge is 0.523 e. The molecule has 0 fully saturated rings. The van der Waals surface area contributed by atoms with Crippen molar-refractivity contribution in [2.75, 3.05) is 0 Å². The highest BCUT2D eigenvalue weighted by Crippen LogP contribution is 2.33. The molecule has 0 saturated carbocycles. The summed E-state index contributed by atoms with van der Waals surface area (Å²) in [4.78, 5) is 0. The zero-order chi connectivity index (χ0) is 9.59. The van der Waals surface area contributed by atoms with Crippen LogP contribution in [0.5, 0.6) is 11.5 Å². The van der Waals surface area contributed by atoms with E-state index < -0.39 is 12.9 Å². The first-order valence-electron chi connectivity index (χ1n) is 3.80. The minimum absolute atomic E-state index is 0.0409. The van der Waals surface area contributed by atoms with Crippen LogP contribution in [0.3, 0.4) is 0 Å². The van der Waals surface area contributed by atoms with E-state index in [1.807, 2.05) is 0 Å². The third-order valence-electron chi connectivity index (χ3n) is 1.83. The summed E-state index contributed by atoms with van der Waals surface area (Å²) in [5, 5.41) is 0. The summed E-state index contributed by atoms with van der Waals surface area (Å²) in [5.41, 5.74) is 0.0606. The van der Waals surface area contributed by atoms with Gasteiger partial charge in [0, 0.05) is 0 Å². The number of fused-ring (bicyclic) bond motifs is 1. The van der Waals surface area contributed by atoms with Crippen LogP contribution >= 0.6 is 0 Å². The Bertz CT molecular complexity index is 369. The highest BCUT2D eigenvalue weighted by molar-refractivity contribution is 6.50. The maximum atomic E-state index is 13.3. The van der Waals surface area contributed by atoms with Gasteiger partial charge in [0.2, 0.25) is 0 Å². The molecule has 0 bridgehead atoms. The van der Waals surface area contributed by atoms with E-state index in [0.717, 1.165) is 0 Å². The van der Waals surface area contributed by atoms with E-state index in [-0.39, 0.29) is 16.7 Å². The second-order valence-corrected chi connectivity index (χ2v) is 2.82. The summed E-state index contributed by atoms with van der Waals surface area (Å²) in [6.07, 6.45) is 0. The SMILES string of the molecule is [B]c1cc2c(c(F)c1[B])OB(C)O2. The lowest BCUT2D eigenvalue weighted by Gasteiger charge is -2.06. The first-order chi connectivity index (χ1) is 6.09. The van der Waals surface area contributed by atoms with Crippen molar-refractivity contribution in [1.82, 2.24) is 0 Å². The Hall–Kier alpha value is -1.06. The average molecular weight is 172 g/mol. The maximum absolute atomic E-state index is 13.3. The van der Waals surface area contributed by atoms with E-state index >= 15 is 0 Å². The predicted molar refractivity (Wildman–Crippen MR) is 50.1 cm³/mol. The van der Waals surface area contributed by atoms with Gasteiger partial charge in [0.15, 0.2) is 11.6 Å². The molecule has 2 rings (SSSR count). The van der Waals surface area contributed by atoms with E-state index in [9.17, 15) is 4.39 Å². The molecule has 1 aliphatic heterocycles. The van der Waals surface area contributed by atoms with Gasteiger partial charge in [-0.1, -0.05) is 10.9 Å². The number of benzene rings is 1. The third-order valence-corrected chi connectivity index (χ3v) is 1.83. The molecule has 1 aliphatic rings. The van der Waals surface area contributed by atoms with Crippen molar-refractivity contribution in [1.29, 1.82) is 0 Å². The Morgan fingerprint density at radius 3 is 2.77 bits per heavy atom. The van der Waals surface area contributed by atoms with E-state index in [4.69, 9.17) is 25.0 Å². The largest absolute Gasteiger partial charge is 0.591 e. The quantitative estimate of drug-likeness (QED) is 0.481. The molecule has 0 aromatic heterocycles. The van der Waals surface area contributed by atoms with Gasteiger partial charge in [0.05, 0.1) is 0 Å². The van der Waals surface area contributed by atoms with Crippen LogP contribution in [0.25, 0.3) is 0 Å². The van der Waals surface area contributed by atoms with Crippen molar-refractivity contribution in [2.45, 2.75) is 6.82 Å². The molecule has 2 nitrogen and oxygen atoms in total. The second kappa shape index (κ2) is 2.72. The summed E-state index contributed by atoms with van der Waals surface area (Å²) < 4.78 is 23.5. The topological polar surface area (TPSA) is 18.5 Å². The van der Waals surface area contributed by atoms with Gasteiger partial charge >= 0.3 is 7.12 Å². The molecule has 0 saturated heterocycles. The van der Waals surface area contributed by atoms with Crippen LogP contribution in [0, 0.1) is 5.82 Å². The van der Waals surface area contributed by atoms with Crippen LogP contribution in [0.2, 0.25) is 6.82 Å². The van der Waals surface area contributed by atoms with Crippen molar-refractivity contribution in [2.24, 2.45) is 0 Å². The molecule has 60 valence electrons. The maximum Gasteiger partial charge on any atom is 0.591 e. The minimum atomic E-state index is -0.653. The molecule has 4 radical (unpaired) electrons. The Labute approximate surface area is 78.4 Å². The van der Waals surface area contributed by atoms with Crippen molar-refractivity contribution in [3.05, 3.63) is 11.9 Å². The summed E-state index contributed by atoms with van der Waals surface area (Å²) >= 11 is 0. The zero-order valence-corrected chi connectivity index (χ0v) is 7.00. The van der Waals surface area contributed by atoms with E-state index in [1.54, 1.807) is 6.82 Å². The monoisotopic (exact) mass is 172 g/mol. The van der Waals surface area contributed by atoms with Gasteiger partial charge in [0.25, 0.3) is 0 Å². The molecule has 0 atom stereocenters. The summed E-state index contributed by atoms with van der Waals surface area (Å²) in [6, 6.07) is 1.46. The standard InChI is InChI=1S/C7H4B3FO2/c1-10-12-4-2-3(8)5(9)6(11)7(4)13-10/h2H,1H3. The number of halogens is 1. The fraction of sp³-hybridized carbons (Fsp3) is 0.143. The average Bonchev–Trinajstić information content (AvgIpc) is 2.42. The predicted octanol–water partition coefficient (Wildman–Crippen LogP) is -0.698. The van der Waals surface area contributed by atoms with Gasteiger partial charge in [-0.3, -0.25) is 0 Å². The van der Waals surface area contributed by atoms with Gasteiger partial charge in [-0.2, -0.15) is 0 Å². The van der Waals surface area contributed by atoms with Crippen molar-refractivity contribution in [3.63, 3.8) is 0 Å². The number of hydrogen-bond donors (Lipinski definition) is 0. The lowest BCUT2D eigenvalue weighted by molar-refractivity contribution is 0.491. The molecule has 13 heavy (non-hydrogen) atoms. The molecule has 6 heteroatoms. The van der Waals surface area contributed by atoms with Crippen LogP contribution in [0.1, 0.15) is 0 Å². The van der Waals surface area contributed by atoms with Gasteiger partial charge in [0.1, 0.15) is 21.4 Å². The fourth-order valence-corrected chi connectivity index (χ4v) is 1.21. The molecule has 1 aromatic rings. The summed E-state index contributed by atoms with van der Waals surface area (Å²) in [6.45, 7) is 1.66. The molecule has 0 spiro atoms. The van der Waals surface area contributed by atoms with Crippen molar-refractivity contribution < 1.29 is 13.7 Å². The van der Waals surface area contributed by atoms with Crippen LogP contribution in [0.15, 0.2) is 6.07 Å². The number of rotatable bonds is 0. The molecular weight excluding hydrogens is 168 g/mol. The van der Waals surface area contributed by atoms with Crippen LogP contribution < -0.4 is 20.2 Å². The van der Waals surface area contributed by atoms with Gasteiger partial charge in [-0.25, -0.2) is 4.39 Å². The molecule has 0 N–H and O–H groups in total. The molecule has 1 heterocycles. The molecule has 1 aromatic carbocycles. The molecule has 0 amide bonds. The Kier molecular flexibility index (Phi) is 1.79. The van der Waals surface area contributed by atoms with E-state index in [1.165, 1.54) is 6.07 Å². The van der Waals surface area contributed by atoms with Crippen molar-refractivity contribution in [3.8, 4) is 11.5 Å². The normalized spacial score (nSPS) is 13.5. The van der Waals surface area contributed by atoms with Gasteiger partial charge in [-0.15, -0.1) is 0 Å². The molecule has 0 unspecified atom stereocenters. The van der Waals surface area contributed by atoms with Crippen molar-refractivity contribution >= 4 is 33.7 Å². The lowest BCUT2D eigenvalue weighted by Crippen LogP contribution is -2.28. The number of hydrogen-bond acceptors (Lipinski definition) is 2. The van der Waals surface area contributed by atoms with Gasteiger partial charge < -0.3 is 9.31 Å². The first kappa shape index (κ1) is 8.54.